The Morgan fingerprint density at radius 1 is 1.45 bits per heavy atom. The highest BCUT2D eigenvalue weighted by atomic mass is 32.2. The summed E-state index contributed by atoms with van der Waals surface area (Å²) < 4.78 is 0. The van der Waals surface area contributed by atoms with Crippen molar-refractivity contribution in [3.63, 3.8) is 0 Å². The number of hydrogen-bond acceptors (Lipinski definition) is 2. The van der Waals surface area contributed by atoms with Crippen molar-refractivity contribution in [1.29, 1.82) is 0 Å². The molecule has 1 saturated carbocycles. The van der Waals surface area contributed by atoms with Crippen LogP contribution >= 0.6 is 11.8 Å². The van der Waals surface area contributed by atoms with Crippen molar-refractivity contribution in [3.8, 4) is 0 Å². The van der Waals surface area contributed by atoms with Crippen LogP contribution in [0.1, 0.15) is 33.1 Å². The third kappa shape index (κ3) is 1.20. The van der Waals surface area contributed by atoms with Gasteiger partial charge in [0.15, 0.2) is 0 Å². The predicted molar refractivity (Wildman–Crippen MR) is 50.8 cm³/mol. The summed E-state index contributed by atoms with van der Waals surface area (Å²) in [6, 6.07) is 0. The predicted octanol–water partition coefficient (Wildman–Crippen LogP) is 2.23. The third-order valence-corrected chi connectivity index (χ3v) is 4.82. The summed E-state index contributed by atoms with van der Waals surface area (Å²) >= 11 is 2.17. The van der Waals surface area contributed by atoms with E-state index in [1.54, 1.807) is 0 Å². The van der Waals surface area contributed by atoms with Crippen LogP contribution < -0.4 is 5.32 Å². The normalized spacial score (nSPS) is 50.7. The highest BCUT2D eigenvalue weighted by molar-refractivity contribution is 8.01. The van der Waals surface area contributed by atoms with E-state index >= 15 is 0 Å². The molecule has 1 aliphatic carbocycles. The summed E-state index contributed by atoms with van der Waals surface area (Å²) in [6.07, 6.45) is 4.24. The molecule has 3 atom stereocenters. The van der Waals surface area contributed by atoms with Crippen LogP contribution in [-0.2, 0) is 0 Å². The first-order valence-electron chi connectivity index (χ1n) is 4.66. The van der Waals surface area contributed by atoms with E-state index in [2.05, 4.69) is 30.9 Å². The lowest BCUT2D eigenvalue weighted by Gasteiger charge is -2.28. The largest absolute Gasteiger partial charge is 0.301 e. The number of thioether (sulfide) groups is 1. The van der Waals surface area contributed by atoms with Gasteiger partial charge in [0.1, 0.15) is 0 Å². The zero-order chi connectivity index (χ0) is 7.90. The number of hydrogen-bond donors (Lipinski definition) is 1. The zero-order valence-corrected chi connectivity index (χ0v) is 8.21. The van der Waals surface area contributed by atoms with Gasteiger partial charge in [0.25, 0.3) is 0 Å². The zero-order valence-electron chi connectivity index (χ0n) is 7.39. The number of nitrogens with one attached hydrogen (secondary N) is 1. The molecule has 1 N–H and O–H groups in total. The third-order valence-electron chi connectivity index (χ3n) is 3.08. The molecule has 0 aromatic rings. The minimum absolute atomic E-state index is 0.486. The molecule has 1 spiro atoms. The van der Waals surface area contributed by atoms with E-state index in [0.717, 1.165) is 11.2 Å². The minimum atomic E-state index is 0.486. The van der Waals surface area contributed by atoms with Gasteiger partial charge in [-0.2, -0.15) is 0 Å². The summed E-state index contributed by atoms with van der Waals surface area (Å²) in [5.41, 5.74) is 0. The maximum Gasteiger partial charge on any atom is 0.0674 e. The summed E-state index contributed by atoms with van der Waals surface area (Å²) in [5.74, 6) is 0.887. The van der Waals surface area contributed by atoms with Crippen LogP contribution in [0.3, 0.4) is 0 Å². The fourth-order valence-corrected chi connectivity index (χ4v) is 4.01. The molecule has 3 unspecified atom stereocenters. The van der Waals surface area contributed by atoms with E-state index in [0.29, 0.717) is 4.87 Å². The van der Waals surface area contributed by atoms with Crippen LogP contribution in [0.15, 0.2) is 0 Å². The molecule has 11 heavy (non-hydrogen) atoms. The Balaban J connectivity index is 2.10. The molecule has 1 aliphatic heterocycles. The van der Waals surface area contributed by atoms with Crippen LogP contribution in [0.4, 0.5) is 0 Å². The summed E-state index contributed by atoms with van der Waals surface area (Å²) in [6.45, 7) is 5.94. The highest BCUT2D eigenvalue weighted by Gasteiger charge is 2.45. The molecule has 2 fully saturated rings. The van der Waals surface area contributed by atoms with E-state index in [9.17, 15) is 0 Å². The van der Waals surface area contributed by atoms with Gasteiger partial charge in [-0.05, 0) is 18.8 Å². The minimum Gasteiger partial charge on any atom is -0.301 e. The molecule has 64 valence electrons. The second-order valence-electron chi connectivity index (χ2n) is 3.99. The van der Waals surface area contributed by atoms with Gasteiger partial charge in [0, 0.05) is 11.8 Å². The molecule has 2 heteroatoms. The van der Waals surface area contributed by atoms with Crippen molar-refractivity contribution in [3.05, 3.63) is 0 Å². The Labute approximate surface area is 73.3 Å². The van der Waals surface area contributed by atoms with Gasteiger partial charge in [0.2, 0.25) is 0 Å². The molecule has 0 amide bonds. The van der Waals surface area contributed by atoms with Crippen molar-refractivity contribution < 1.29 is 0 Å². The molecular weight excluding hydrogens is 154 g/mol. The molecule has 0 radical (unpaired) electrons. The molecule has 1 heterocycles. The van der Waals surface area contributed by atoms with E-state index in [1.165, 1.54) is 25.8 Å². The van der Waals surface area contributed by atoms with Gasteiger partial charge in [-0.25, -0.2) is 0 Å². The second-order valence-corrected chi connectivity index (χ2v) is 5.76. The van der Waals surface area contributed by atoms with E-state index in [4.69, 9.17) is 0 Å². The first-order chi connectivity index (χ1) is 5.23. The lowest BCUT2D eigenvalue weighted by molar-refractivity contribution is 0.408. The van der Waals surface area contributed by atoms with Gasteiger partial charge in [-0.15, -0.1) is 11.8 Å². The highest BCUT2D eigenvalue weighted by Crippen LogP contribution is 2.48. The van der Waals surface area contributed by atoms with Crippen molar-refractivity contribution >= 4 is 11.8 Å². The van der Waals surface area contributed by atoms with Gasteiger partial charge >= 0.3 is 0 Å². The maximum absolute atomic E-state index is 3.69. The van der Waals surface area contributed by atoms with E-state index < -0.39 is 0 Å². The summed E-state index contributed by atoms with van der Waals surface area (Å²) in [5, 5.41) is 4.52. The van der Waals surface area contributed by atoms with Gasteiger partial charge in [-0.3, -0.25) is 0 Å². The Hall–Kier alpha value is 0.310. The monoisotopic (exact) mass is 171 g/mol. The first kappa shape index (κ1) is 7.93. The number of rotatable bonds is 0. The molecule has 0 aromatic heterocycles. The first-order valence-corrected chi connectivity index (χ1v) is 5.54. The fourth-order valence-electron chi connectivity index (χ4n) is 2.35. The molecule has 2 aliphatic rings. The lowest BCUT2D eigenvalue weighted by Crippen LogP contribution is -2.39. The molecule has 1 nitrogen and oxygen atoms in total. The van der Waals surface area contributed by atoms with Crippen molar-refractivity contribution in [2.45, 2.75) is 43.2 Å². The molecule has 1 saturated heterocycles. The Bertz CT molecular complexity index is 160. The molecule has 2 rings (SSSR count). The average molecular weight is 171 g/mol. The van der Waals surface area contributed by atoms with Crippen LogP contribution in [0.25, 0.3) is 0 Å². The molecule has 0 bridgehead atoms. The fraction of sp³-hybridized carbons (Fsp3) is 1.00. The Kier molecular flexibility index (Phi) is 1.92. The van der Waals surface area contributed by atoms with Crippen LogP contribution in [0, 0.1) is 5.92 Å². The Morgan fingerprint density at radius 2 is 2.27 bits per heavy atom. The average Bonchev–Trinajstić information content (AvgIpc) is 2.46. The Morgan fingerprint density at radius 3 is 2.73 bits per heavy atom. The van der Waals surface area contributed by atoms with Crippen LogP contribution in [0.5, 0.6) is 0 Å². The summed E-state index contributed by atoms with van der Waals surface area (Å²) in [4.78, 5) is 0.486. The summed E-state index contributed by atoms with van der Waals surface area (Å²) in [7, 11) is 0. The van der Waals surface area contributed by atoms with Crippen LogP contribution in [0.2, 0.25) is 0 Å². The smallest absolute Gasteiger partial charge is 0.0674 e. The standard InChI is InChI=1S/C9H17NS/c1-7-4-3-5-9(7)10-6-8(2)11-9/h7-8,10H,3-6H2,1-2H3. The van der Waals surface area contributed by atoms with Crippen LogP contribution in [-0.4, -0.2) is 16.7 Å². The SMILES string of the molecule is CC1CNC2(CCCC2C)S1. The topological polar surface area (TPSA) is 12.0 Å². The quantitative estimate of drug-likeness (QED) is 0.600. The second kappa shape index (κ2) is 2.67. The lowest BCUT2D eigenvalue weighted by atomic mass is 10.1. The maximum atomic E-state index is 3.69. The van der Waals surface area contributed by atoms with Gasteiger partial charge in [-0.1, -0.05) is 20.3 Å². The van der Waals surface area contributed by atoms with E-state index in [1.807, 2.05) is 0 Å². The molecular formula is C9H17NS. The van der Waals surface area contributed by atoms with Gasteiger partial charge in [0.05, 0.1) is 4.87 Å². The molecule has 0 aromatic carbocycles. The van der Waals surface area contributed by atoms with Gasteiger partial charge < -0.3 is 5.32 Å². The van der Waals surface area contributed by atoms with Crippen molar-refractivity contribution in [1.82, 2.24) is 5.32 Å². The van der Waals surface area contributed by atoms with Crippen molar-refractivity contribution in [2.24, 2.45) is 5.92 Å². The van der Waals surface area contributed by atoms with E-state index in [-0.39, 0.29) is 0 Å². The van der Waals surface area contributed by atoms with Crippen molar-refractivity contribution in [2.75, 3.05) is 6.54 Å².